The molecule has 1 heterocycles. The number of phenols is 1. The van der Waals surface area contributed by atoms with Crippen LogP contribution < -0.4 is 21.7 Å². The van der Waals surface area contributed by atoms with Crippen molar-refractivity contribution in [3.05, 3.63) is 34.5 Å². The maximum absolute atomic E-state index is 13.1. The molecule has 1 fully saturated rings. The topological polar surface area (TPSA) is 117 Å². The van der Waals surface area contributed by atoms with Gasteiger partial charge in [-0.1, -0.05) is 43.9 Å². The molecule has 32 heavy (non-hydrogen) atoms. The zero-order chi connectivity index (χ0) is 23.1. The summed E-state index contributed by atoms with van der Waals surface area (Å²) in [6, 6.07) is 5.36. The van der Waals surface area contributed by atoms with E-state index in [2.05, 4.69) is 16.0 Å². The van der Waals surface area contributed by atoms with Gasteiger partial charge in [-0.15, -0.1) is 0 Å². The van der Waals surface area contributed by atoms with E-state index >= 15 is 0 Å². The number of anilines is 2. The van der Waals surface area contributed by atoms with E-state index in [0.717, 1.165) is 24.8 Å². The first-order chi connectivity index (χ1) is 15.4. The first-order valence-electron chi connectivity index (χ1n) is 11.5. The first-order valence-corrected chi connectivity index (χ1v) is 11.9. The highest BCUT2D eigenvalue weighted by molar-refractivity contribution is 6.32. The number of carbonyl (C=O) groups excluding carboxylic acids is 1. The second-order valence-corrected chi connectivity index (χ2v) is 8.80. The van der Waals surface area contributed by atoms with E-state index in [1.807, 2.05) is 18.4 Å². The molecule has 0 spiro atoms. The summed E-state index contributed by atoms with van der Waals surface area (Å²) >= 11 is 6.14. The lowest BCUT2D eigenvalue weighted by Gasteiger charge is -2.24. The third-order valence-electron chi connectivity index (χ3n) is 5.87. The van der Waals surface area contributed by atoms with Crippen LogP contribution in [-0.4, -0.2) is 45.7 Å². The molecule has 8 nitrogen and oxygen atoms in total. The Balaban J connectivity index is 2.01. The Bertz CT molecular complexity index is 910. The van der Waals surface area contributed by atoms with E-state index in [9.17, 15) is 9.90 Å². The van der Waals surface area contributed by atoms with Crippen molar-refractivity contribution in [3.63, 3.8) is 0 Å². The van der Waals surface area contributed by atoms with Crippen LogP contribution in [0.1, 0.15) is 68.4 Å². The molecule has 0 bridgehead atoms. The Morgan fingerprint density at radius 3 is 2.72 bits per heavy atom. The summed E-state index contributed by atoms with van der Waals surface area (Å²) in [6.07, 6.45) is 6.61. The maximum atomic E-state index is 13.1. The number of hydrogen-bond acceptors (Lipinski definition) is 6. The molecule has 1 saturated carbocycles. The summed E-state index contributed by atoms with van der Waals surface area (Å²) < 4.78 is 1.89. The molecular formula is C23H35ClN6O2. The van der Waals surface area contributed by atoms with Crippen LogP contribution in [0.4, 0.5) is 11.8 Å². The van der Waals surface area contributed by atoms with Gasteiger partial charge in [-0.2, -0.15) is 4.98 Å². The predicted molar refractivity (Wildman–Crippen MR) is 130 cm³/mol. The summed E-state index contributed by atoms with van der Waals surface area (Å²) in [5, 5.41) is 19.8. The van der Waals surface area contributed by atoms with Crippen LogP contribution >= 0.6 is 11.6 Å². The van der Waals surface area contributed by atoms with Crippen molar-refractivity contribution >= 4 is 29.3 Å². The monoisotopic (exact) mass is 462 g/mol. The number of rotatable bonds is 10. The number of carbonyl (C=O) groups is 1. The standard InChI is InChI=1S/C23H35ClN6O2/c1-3-16(25)13-27-21-20(22(32)26-4-2)30(14-15-10-11-19(31)18(24)12-15)23(29-21)28-17-8-6-5-7-9-17/h10-12,16-17,27,31H,3-9,13-14,25H2,1-2H3,(H,26,32)(H,28,29)/t16-/m1/s1. The fourth-order valence-corrected chi connectivity index (χ4v) is 4.15. The molecule has 1 aromatic heterocycles. The van der Waals surface area contributed by atoms with Crippen molar-refractivity contribution in [3.8, 4) is 5.75 Å². The van der Waals surface area contributed by atoms with Gasteiger partial charge in [0, 0.05) is 25.2 Å². The van der Waals surface area contributed by atoms with Gasteiger partial charge in [0.2, 0.25) is 5.95 Å². The number of hydrogen-bond donors (Lipinski definition) is 5. The second kappa shape index (κ2) is 11.4. The number of phenolic OH excluding ortho intramolecular Hbond substituents is 1. The molecule has 176 valence electrons. The number of benzene rings is 1. The number of nitrogens with zero attached hydrogens (tertiary/aromatic N) is 2. The van der Waals surface area contributed by atoms with E-state index < -0.39 is 0 Å². The van der Waals surface area contributed by atoms with Crippen LogP contribution in [0.15, 0.2) is 18.2 Å². The third kappa shape index (κ3) is 6.07. The Kier molecular flexibility index (Phi) is 8.64. The van der Waals surface area contributed by atoms with Crippen molar-refractivity contribution in [2.24, 2.45) is 5.73 Å². The van der Waals surface area contributed by atoms with E-state index in [-0.39, 0.29) is 22.7 Å². The Morgan fingerprint density at radius 2 is 2.06 bits per heavy atom. The molecule has 1 atom stereocenters. The van der Waals surface area contributed by atoms with Crippen molar-refractivity contribution in [1.82, 2.24) is 14.9 Å². The van der Waals surface area contributed by atoms with Gasteiger partial charge in [0.1, 0.15) is 5.75 Å². The Morgan fingerprint density at radius 1 is 1.31 bits per heavy atom. The molecule has 1 aliphatic carbocycles. The lowest BCUT2D eigenvalue weighted by molar-refractivity contribution is 0.0948. The summed E-state index contributed by atoms with van der Waals surface area (Å²) in [4.78, 5) is 17.9. The largest absolute Gasteiger partial charge is 0.506 e. The van der Waals surface area contributed by atoms with E-state index in [0.29, 0.717) is 43.1 Å². The van der Waals surface area contributed by atoms with Gasteiger partial charge in [0.15, 0.2) is 11.5 Å². The maximum Gasteiger partial charge on any atom is 0.271 e. The third-order valence-corrected chi connectivity index (χ3v) is 6.17. The second-order valence-electron chi connectivity index (χ2n) is 8.39. The van der Waals surface area contributed by atoms with Gasteiger partial charge in [-0.3, -0.25) is 9.36 Å². The summed E-state index contributed by atoms with van der Waals surface area (Å²) in [5.74, 6) is 0.994. The minimum absolute atomic E-state index is 0.0291. The molecule has 1 aromatic carbocycles. The van der Waals surface area contributed by atoms with Crippen molar-refractivity contribution in [2.75, 3.05) is 23.7 Å². The molecule has 0 unspecified atom stereocenters. The van der Waals surface area contributed by atoms with Gasteiger partial charge in [0.25, 0.3) is 5.91 Å². The molecule has 0 radical (unpaired) electrons. The van der Waals surface area contributed by atoms with Crippen LogP contribution in [0.25, 0.3) is 0 Å². The lowest BCUT2D eigenvalue weighted by atomic mass is 9.96. The lowest BCUT2D eigenvalue weighted by Crippen LogP contribution is -2.31. The van der Waals surface area contributed by atoms with Crippen LogP contribution in [0.2, 0.25) is 5.02 Å². The molecule has 2 aromatic rings. The minimum atomic E-state index is -0.200. The molecule has 6 N–H and O–H groups in total. The number of aromatic hydroxyl groups is 1. The number of nitrogens with one attached hydrogen (secondary N) is 3. The molecular weight excluding hydrogens is 428 g/mol. The SMILES string of the molecule is CCNC(=O)c1c(NC[C@H](N)CC)nc(NC2CCCCC2)n1Cc1ccc(O)c(Cl)c1. The Hall–Kier alpha value is -2.45. The van der Waals surface area contributed by atoms with E-state index in [1.165, 1.54) is 19.3 Å². The van der Waals surface area contributed by atoms with Crippen molar-refractivity contribution in [1.29, 1.82) is 0 Å². The summed E-state index contributed by atoms with van der Waals surface area (Å²) in [5.41, 5.74) is 7.42. The highest BCUT2D eigenvalue weighted by Gasteiger charge is 2.25. The van der Waals surface area contributed by atoms with Gasteiger partial charge >= 0.3 is 0 Å². The predicted octanol–water partition coefficient (Wildman–Crippen LogP) is 3.93. The average molecular weight is 463 g/mol. The number of nitrogens with two attached hydrogens (primary N) is 1. The van der Waals surface area contributed by atoms with Gasteiger partial charge in [-0.05, 0) is 43.9 Å². The van der Waals surface area contributed by atoms with E-state index in [1.54, 1.807) is 18.2 Å². The zero-order valence-electron chi connectivity index (χ0n) is 19.0. The zero-order valence-corrected chi connectivity index (χ0v) is 19.7. The quantitative estimate of drug-likeness (QED) is 0.365. The highest BCUT2D eigenvalue weighted by Crippen LogP contribution is 2.29. The molecule has 0 aliphatic heterocycles. The van der Waals surface area contributed by atoms with Crippen molar-refractivity contribution in [2.45, 2.75) is 71.0 Å². The van der Waals surface area contributed by atoms with Gasteiger partial charge in [-0.25, -0.2) is 0 Å². The fraction of sp³-hybridized carbons (Fsp3) is 0.565. The fourth-order valence-electron chi connectivity index (χ4n) is 3.95. The average Bonchev–Trinajstić information content (AvgIpc) is 3.12. The summed E-state index contributed by atoms with van der Waals surface area (Å²) in [6.45, 7) is 5.33. The number of imidazole rings is 1. The van der Waals surface area contributed by atoms with E-state index in [4.69, 9.17) is 22.3 Å². The highest BCUT2D eigenvalue weighted by atomic mass is 35.5. The smallest absolute Gasteiger partial charge is 0.271 e. The molecule has 0 saturated heterocycles. The van der Waals surface area contributed by atoms with Crippen LogP contribution in [0.5, 0.6) is 5.75 Å². The van der Waals surface area contributed by atoms with Crippen LogP contribution in [-0.2, 0) is 6.54 Å². The number of aromatic nitrogens is 2. The number of amides is 1. The minimum Gasteiger partial charge on any atom is -0.506 e. The van der Waals surface area contributed by atoms with Crippen molar-refractivity contribution < 1.29 is 9.90 Å². The van der Waals surface area contributed by atoms with Crippen LogP contribution in [0, 0.1) is 0 Å². The molecule has 3 rings (SSSR count). The van der Waals surface area contributed by atoms with Crippen LogP contribution in [0.3, 0.4) is 0 Å². The molecule has 1 aliphatic rings. The number of halogens is 1. The molecule has 9 heteroatoms. The normalized spacial score (nSPS) is 15.4. The van der Waals surface area contributed by atoms with Gasteiger partial charge in [0.05, 0.1) is 11.6 Å². The first kappa shape index (κ1) is 24.2. The van der Waals surface area contributed by atoms with Gasteiger partial charge < -0.3 is 26.8 Å². The molecule has 1 amide bonds. The Labute approximate surface area is 194 Å². The summed E-state index contributed by atoms with van der Waals surface area (Å²) in [7, 11) is 0.